The number of aromatic nitrogens is 3. The lowest BCUT2D eigenvalue weighted by atomic mass is 9.96. The molecular weight excluding hydrogens is 394 g/mol. The Kier molecular flexibility index (Phi) is 6.82. The lowest BCUT2D eigenvalue weighted by Gasteiger charge is -2.26. The largest absolute Gasteiger partial charge is 0.336 e. The summed E-state index contributed by atoms with van der Waals surface area (Å²) in [6, 6.07) is 20.1. The van der Waals surface area contributed by atoms with Crippen LogP contribution < -0.4 is 5.84 Å². The van der Waals surface area contributed by atoms with Crippen molar-refractivity contribution in [2.24, 2.45) is 0 Å². The van der Waals surface area contributed by atoms with Crippen LogP contribution in [0.5, 0.6) is 0 Å². The summed E-state index contributed by atoms with van der Waals surface area (Å²) in [6.07, 6.45) is 0. The molecule has 0 bridgehead atoms. The van der Waals surface area contributed by atoms with Crippen molar-refractivity contribution in [2.45, 2.75) is 56.6 Å². The molecule has 0 aliphatic rings. The summed E-state index contributed by atoms with van der Waals surface area (Å²) in [5.74, 6) is 6.93. The van der Waals surface area contributed by atoms with Crippen molar-refractivity contribution in [1.82, 2.24) is 19.8 Å². The summed E-state index contributed by atoms with van der Waals surface area (Å²) < 4.78 is 1.49. The van der Waals surface area contributed by atoms with Crippen LogP contribution in [0.25, 0.3) is 0 Å². The number of rotatable bonds is 7. The number of carbonyl (C=O) groups excluding carboxylic acids is 1. The third-order valence-electron chi connectivity index (χ3n) is 4.71. The van der Waals surface area contributed by atoms with E-state index in [1.165, 1.54) is 16.4 Å². The molecule has 3 aromatic rings. The second-order valence-electron chi connectivity index (χ2n) is 8.35. The zero-order valence-corrected chi connectivity index (χ0v) is 18.8. The van der Waals surface area contributed by atoms with Crippen molar-refractivity contribution >= 4 is 17.7 Å². The van der Waals surface area contributed by atoms with Crippen molar-refractivity contribution in [3.8, 4) is 0 Å². The van der Waals surface area contributed by atoms with E-state index in [0.717, 1.165) is 11.1 Å². The first-order chi connectivity index (χ1) is 14.3. The van der Waals surface area contributed by atoms with Gasteiger partial charge in [0.15, 0.2) is 5.82 Å². The van der Waals surface area contributed by atoms with Crippen LogP contribution in [0.2, 0.25) is 0 Å². The topological polar surface area (TPSA) is 77.0 Å². The van der Waals surface area contributed by atoms with E-state index in [4.69, 9.17) is 5.84 Å². The van der Waals surface area contributed by atoms with E-state index < -0.39 is 0 Å². The summed E-state index contributed by atoms with van der Waals surface area (Å²) >= 11 is 1.34. The molecule has 2 aromatic carbocycles. The Labute approximate surface area is 182 Å². The van der Waals surface area contributed by atoms with Crippen molar-refractivity contribution in [3.63, 3.8) is 0 Å². The predicted molar refractivity (Wildman–Crippen MR) is 121 cm³/mol. The molecule has 1 unspecified atom stereocenters. The Bertz CT molecular complexity index is 925. The van der Waals surface area contributed by atoms with Crippen molar-refractivity contribution in [2.75, 3.05) is 5.84 Å². The molecule has 2 N–H and O–H groups in total. The molecule has 1 atom stereocenters. The lowest BCUT2D eigenvalue weighted by Crippen LogP contribution is -2.36. The van der Waals surface area contributed by atoms with Gasteiger partial charge in [0.1, 0.15) is 0 Å². The number of benzene rings is 2. The van der Waals surface area contributed by atoms with Gasteiger partial charge in [0.2, 0.25) is 11.1 Å². The highest BCUT2D eigenvalue weighted by Gasteiger charge is 2.27. The standard InChI is InChI=1S/C23H29N5OS/c1-17(30-22-26-25-21(28(22)24)23(2,3)4)20(29)27(15-18-11-7-5-8-12-18)16-19-13-9-6-10-14-19/h5-14,17H,15-16,24H2,1-4H3. The SMILES string of the molecule is CC(Sc1nnc(C(C)(C)C)n1N)C(=O)N(Cc1ccccc1)Cc1ccccc1. The molecule has 0 fully saturated rings. The zero-order valence-electron chi connectivity index (χ0n) is 17.9. The highest BCUT2D eigenvalue weighted by molar-refractivity contribution is 8.00. The number of hydrogen-bond donors (Lipinski definition) is 1. The fourth-order valence-corrected chi connectivity index (χ4v) is 4.01. The Morgan fingerprint density at radius 3 is 1.93 bits per heavy atom. The van der Waals surface area contributed by atoms with Gasteiger partial charge in [-0.15, -0.1) is 10.2 Å². The van der Waals surface area contributed by atoms with E-state index in [0.29, 0.717) is 24.1 Å². The lowest BCUT2D eigenvalue weighted by molar-refractivity contribution is -0.131. The van der Waals surface area contributed by atoms with Gasteiger partial charge >= 0.3 is 0 Å². The number of nitrogens with zero attached hydrogens (tertiary/aromatic N) is 4. The molecule has 0 aliphatic carbocycles. The molecule has 0 spiro atoms. The van der Waals surface area contributed by atoms with Crippen LogP contribution in [0, 0.1) is 0 Å². The van der Waals surface area contributed by atoms with Crippen LogP contribution in [0.15, 0.2) is 65.8 Å². The minimum atomic E-state index is -0.350. The molecule has 158 valence electrons. The van der Waals surface area contributed by atoms with E-state index in [1.54, 1.807) is 0 Å². The zero-order chi connectivity index (χ0) is 21.7. The van der Waals surface area contributed by atoms with Crippen LogP contribution in [0.1, 0.15) is 44.6 Å². The fraction of sp³-hybridized carbons (Fsp3) is 0.348. The van der Waals surface area contributed by atoms with Gasteiger partial charge < -0.3 is 10.7 Å². The minimum Gasteiger partial charge on any atom is -0.336 e. The highest BCUT2D eigenvalue weighted by atomic mass is 32.2. The maximum atomic E-state index is 13.4. The van der Waals surface area contributed by atoms with Crippen LogP contribution in [0.3, 0.4) is 0 Å². The van der Waals surface area contributed by atoms with Gasteiger partial charge in [0.05, 0.1) is 5.25 Å². The molecular formula is C23H29N5OS. The van der Waals surface area contributed by atoms with Gasteiger partial charge in [0.25, 0.3) is 0 Å². The molecule has 0 radical (unpaired) electrons. The average Bonchev–Trinajstić information content (AvgIpc) is 3.09. The molecule has 0 saturated heterocycles. The van der Waals surface area contributed by atoms with Gasteiger partial charge in [-0.05, 0) is 18.1 Å². The maximum absolute atomic E-state index is 13.4. The normalized spacial score (nSPS) is 12.5. The quantitative estimate of drug-likeness (QED) is 0.459. The second-order valence-corrected chi connectivity index (χ2v) is 9.66. The van der Waals surface area contributed by atoms with E-state index in [2.05, 4.69) is 10.2 Å². The number of nitrogens with two attached hydrogens (primary N) is 1. The smallest absolute Gasteiger partial charge is 0.236 e. The van der Waals surface area contributed by atoms with Crippen molar-refractivity contribution in [1.29, 1.82) is 0 Å². The molecule has 30 heavy (non-hydrogen) atoms. The molecule has 7 heteroatoms. The third kappa shape index (κ3) is 5.42. The van der Waals surface area contributed by atoms with E-state index >= 15 is 0 Å². The molecule has 6 nitrogen and oxygen atoms in total. The summed E-state index contributed by atoms with van der Waals surface area (Å²) in [5.41, 5.74) is 1.97. The van der Waals surface area contributed by atoms with Gasteiger partial charge in [0, 0.05) is 18.5 Å². The van der Waals surface area contributed by atoms with Gasteiger partial charge in [-0.2, -0.15) is 0 Å². The van der Waals surface area contributed by atoms with Crippen LogP contribution in [-0.4, -0.2) is 30.9 Å². The third-order valence-corrected chi connectivity index (χ3v) is 5.75. The predicted octanol–water partition coefficient (Wildman–Crippen LogP) is 4.00. The first-order valence-electron chi connectivity index (χ1n) is 10.00. The Morgan fingerprint density at radius 1 is 1.00 bits per heavy atom. The highest BCUT2D eigenvalue weighted by Crippen LogP contribution is 2.27. The molecule has 0 saturated carbocycles. The van der Waals surface area contributed by atoms with E-state index in [-0.39, 0.29) is 16.6 Å². The Balaban J connectivity index is 1.78. The van der Waals surface area contributed by atoms with Crippen LogP contribution >= 0.6 is 11.8 Å². The van der Waals surface area contributed by atoms with Gasteiger partial charge in [-0.25, -0.2) is 4.68 Å². The number of amides is 1. The number of thioether (sulfide) groups is 1. The van der Waals surface area contributed by atoms with Crippen LogP contribution in [-0.2, 0) is 23.3 Å². The summed E-state index contributed by atoms with van der Waals surface area (Å²) in [4.78, 5) is 15.3. The van der Waals surface area contributed by atoms with E-state index in [9.17, 15) is 4.79 Å². The Hall–Kier alpha value is -2.80. The number of carbonyl (C=O) groups is 1. The minimum absolute atomic E-state index is 0.0352. The summed E-state index contributed by atoms with van der Waals surface area (Å²) in [5, 5.41) is 8.63. The maximum Gasteiger partial charge on any atom is 0.236 e. The molecule has 1 amide bonds. The summed E-state index contributed by atoms with van der Waals surface area (Å²) in [6.45, 7) is 9.08. The fourth-order valence-electron chi connectivity index (χ4n) is 3.15. The van der Waals surface area contributed by atoms with Gasteiger partial charge in [-0.1, -0.05) is 93.2 Å². The van der Waals surface area contributed by atoms with Crippen molar-refractivity contribution < 1.29 is 4.79 Å². The Morgan fingerprint density at radius 2 is 1.50 bits per heavy atom. The van der Waals surface area contributed by atoms with Gasteiger partial charge in [-0.3, -0.25) is 4.79 Å². The van der Waals surface area contributed by atoms with E-state index in [1.807, 2.05) is 93.3 Å². The molecule has 1 aromatic heterocycles. The first-order valence-corrected chi connectivity index (χ1v) is 10.9. The van der Waals surface area contributed by atoms with Crippen molar-refractivity contribution in [3.05, 3.63) is 77.6 Å². The number of nitrogen functional groups attached to an aromatic ring is 1. The number of hydrogen-bond acceptors (Lipinski definition) is 5. The first kappa shape index (κ1) is 21.9. The monoisotopic (exact) mass is 423 g/mol. The molecule has 3 rings (SSSR count). The molecule has 0 aliphatic heterocycles. The van der Waals surface area contributed by atoms with Crippen LogP contribution in [0.4, 0.5) is 0 Å². The average molecular weight is 424 g/mol. The summed E-state index contributed by atoms with van der Waals surface area (Å²) in [7, 11) is 0. The second kappa shape index (κ2) is 9.34. The molecule has 1 heterocycles.